The zero-order valence-corrected chi connectivity index (χ0v) is 17.8. The molecule has 2 N–H and O–H groups in total. The van der Waals surface area contributed by atoms with Crippen molar-refractivity contribution in [2.24, 2.45) is 0 Å². The lowest BCUT2D eigenvalue weighted by Gasteiger charge is -2.23. The van der Waals surface area contributed by atoms with E-state index in [1.165, 1.54) is 6.92 Å². The van der Waals surface area contributed by atoms with Crippen molar-refractivity contribution in [1.82, 2.24) is 10.6 Å². The number of amides is 2. The number of carbonyl (C=O) groups excluding carboxylic acids is 3. The maximum Gasteiger partial charge on any atom is 0.407 e. The molecule has 1 aromatic carbocycles. The largest absolute Gasteiger partial charge is 0.445 e. The van der Waals surface area contributed by atoms with Crippen LogP contribution in [-0.2, 0) is 20.9 Å². The summed E-state index contributed by atoms with van der Waals surface area (Å²) in [6.07, 6.45) is 0.216. The lowest BCUT2D eigenvalue weighted by Crippen LogP contribution is -2.41. The Labute approximate surface area is 170 Å². The number of hydrogen-bond acceptors (Lipinski definition) is 6. The first-order valence-electron chi connectivity index (χ1n) is 9.23. The van der Waals surface area contributed by atoms with Gasteiger partial charge in [0, 0.05) is 25.3 Å². The van der Waals surface area contributed by atoms with E-state index in [2.05, 4.69) is 10.6 Å². The van der Waals surface area contributed by atoms with Gasteiger partial charge in [-0.3, -0.25) is 4.79 Å². The van der Waals surface area contributed by atoms with Gasteiger partial charge in [-0.2, -0.15) is 0 Å². The van der Waals surface area contributed by atoms with Crippen LogP contribution >= 0.6 is 11.8 Å². The Balaban J connectivity index is 2.33. The van der Waals surface area contributed by atoms with Crippen molar-refractivity contribution in [2.45, 2.75) is 58.8 Å². The zero-order chi connectivity index (χ0) is 21.0. The summed E-state index contributed by atoms with van der Waals surface area (Å²) in [5.41, 5.74) is 0.326. The Bertz CT molecular complexity index is 631. The predicted octanol–water partition coefficient (Wildman–Crippen LogP) is 3.87. The van der Waals surface area contributed by atoms with Gasteiger partial charge in [-0.25, -0.2) is 9.59 Å². The minimum Gasteiger partial charge on any atom is -0.445 e. The molecule has 0 spiro atoms. The second kappa shape index (κ2) is 12.3. The summed E-state index contributed by atoms with van der Waals surface area (Å²) in [4.78, 5) is 34.9. The molecular weight excluding hydrogens is 380 g/mol. The van der Waals surface area contributed by atoms with Crippen molar-refractivity contribution in [3.63, 3.8) is 0 Å². The molecule has 7 nitrogen and oxygen atoms in total. The highest BCUT2D eigenvalue weighted by Gasteiger charge is 2.20. The maximum absolute atomic E-state index is 12.0. The predicted molar refractivity (Wildman–Crippen MR) is 110 cm³/mol. The average molecular weight is 411 g/mol. The van der Waals surface area contributed by atoms with E-state index in [0.717, 1.165) is 17.3 Å². The number of nitrogens with one attached hydrogen (secondary N) is 2. The summed E-state index contributed by atoms with van der Waals surface area (Å²) in [7, 11) is 0. The standard InChI is InChI=1S/C20H30N2O5S/c1-15(23)28-14-17(22-19(25)27-20(2,3)4)11-8-12-21-18(24)26-13-16-9-6-5-7-10-16/h5-7,9-10,17H,8,11-14H2,1-4H3,(H,21,24)(H,22,25). The highest BCUT2D eigenvalue weighted by Crippen LogP contribution is 2.11. The van der Waals surface area contributed by atoms with Gasteiger partial charge < -0.3 is 20.1 Å². The fourth-order valence-corrected chi connectivity index (χ4v) is 2.89. The Morgan fingerprint density at radius 1 is 1.11 bits per heavy atom. The molecule has 0 aliphatic carbocycles. The highest BCUT2D eigenvalue weighted by molar-refractivity contribution is 8.13. The molecule has 0 bridgehead atoms. The number of thioether (sulfide) groups is 1. The third-order valence-electron chi connectivity index (χ3n) is 3.42. The van der Waals surface area contributed by atoms with Gasteiger partial charge >= 0.3 is 12.2 Å². The van der Waals surface area contributed by atoms with E-state index in [1.807, 2.05) is 30.3 Å². The van der Waals surface area contributed by atoms with Crippen LogP contribution in [0.1, 0.15) is 46.1 Å². The summed E-state index contributed by atoms with van der Waals surface area (Å²) in [6.45, 7) is 7.47. The summed E-state index contributed by atoms with van der Waals surface area (Å²) in [6, 6.07) is 9.20. The second-order valence-corrected chi connectivity index (χ2v) is 8.47. The van der Waals surface area contributed by atoms with Crippen LogP contribution in [0.25, 0.3) is 0 Å². The van der Waals surface area contributed by atoms with Gasteiger partial charge in [0.15, 0.2) is 5.12 Å². The first-order valence-corrected chi connectivity index (χ1v) is 10.2. The van der Waals surface area contributed by atoms with Crippen molar-refractivity contribution < 1.29 is 23.9 Å². The molecular formula is C20H30N2O5S. The first kappa shape index (κ1) is 23.8. The van der Waals surface area contributed by atoms with E-state index in [4.69, 9.17) is 9.47 Å². The third-order valence-corrected chi connectivity index (χ3v) is 4.40. The molecule has 0 heterocycles. The van der Waals surface area contributed by atoms with Crippen molar-refractivity contribution >= 4 is 29.1 Å². The third kappa shape index (κ3) is 12.2. The molecule has 0 saturated carbocycles. The number of ether oxygens (including phenoxy) is 2. The molecule has 156 valence electrons. The summed E-state index contributed by atoms with van der Waals surface area (Å²) in [5.74, 6) is 0.451. The number of rotatable bonds is 9. The molecule has 1 unspecified atom stereocenters. The second-order valence-electron chi connectivity index (χ2n) is 7.28. The van der Waals surface area contributed by atoms with Gasteiger partial charge in [0.05, 0.1) is 0 Å². The van der Waals surface area contributed by atoms with Crippen LogP contribution in [0.5, 0.6) is 0 Å². The number of benzene rings is 1. The molecule has 0 radical (unpaired) electrons. The summed E-state index contributed by atoms with van der Waals surface area (Å²) < 4.78 is 10.4. The van der Waals surface area contributed by atoms with E-state index >= 15 is 0 Å². The topological polar surface area (TPSA) is 93.7 Å². The Morgan fingerprint density at radius 2 is 1.79 bits per heavy atom. The Hall–Kier alpha value is -2.22. The van der Waals surface area contributed by atoms with E-state index in [0.29, 0.717) is 25.1 Å². The molecule has 0 aromatic heterocycles. The summed E-state index contributed by atoms with van der Waals surface area (Å²) >= 11 is 1.15. The molecule has 2 amide bonds. The molecule has 0 aliphatic heterocycles. The van der Waals surface area contributed by atoms with Gasteiger partial charge in [0.1, 0.15) is 12.2 Å². The van der Waals surface area contributed by atoms with Crippen LogP contribution in [0.2, 0.25) is 0 Å². The minimum atomic E-state index is -0.591. The van der Waals surface area contributed by atoms with Crippen LogP contribution in [0.15, 0.2) is 30.3 Å². The lowest BCUT2D eigenvalue weighted by atomic mass is 10.2. The molecule has 0 saturated heterocycles. The molecule has 0 fully saturated rings. The molecule has 1 rings (SSSR count). The molecule has 1 aromatic rings. The SMILES string of the molecule is CC(=O)SCC(CCCNC(=O)OCc1ccccc1)NC(=O)OC(C)(C)C. The zero-order valence-electron chi connectivity index (χ0n) is 16.9. The van der Waals surface area contributed by atoms with Gasteiger partial charge in [-0.15, -0.1) is 0 Å². The minimum absolute atomic E-state index is 0.0152. The number of hydrogen-bond donors (Lipinski definition) is 2. The molecule has 8 heteroatoms. The maximum atomic E-state index is 12.0. The van der Waals surface area contributed by atoms with Crippen molar-refractivity contribution in [1.29, 1.82) is 0 Å². The number of carbonyl (C=O) groups is 3. The van der Waals surface area contributed by atoms with Crippen molar-refractivity contribution in [3.8, 4) is 0 Å². The fraction of sp³-hybridized carbons (Fsp3) is 0.550. The lowest BCUT2D eigenvalue weighted by molar-refractivity contribution is -0.109. The Morgan fingerprint density at radius 3 is 2.39 bits per heavy atom. The van der Waals surface area contributed by atoms with E-state index < -0.39 is 17.8 Å². The monoisotopic (exact) mass is 410 g/mol. The van der Waals surface area contributed by atoms with Crippen molar-refractivity contribution in [3.05, 3.63) is 35.9 Å². The number of alkyl carbamates (subject to hydrolysis) is 2. The van der Waals surface area contributed by atoms with Gasteiger partial charge in [0.2, 0.25) is 0 Å². The normalized spacial score (nSPS) is 12.0. The van der Waals surface area contributed by atoms with Crippen molar-refractivity contribution in [2.75, 3.05) is 12.3 Å². The van der Waals surface area contributed by atoms with Gasteiger partial charge in [-0.1, -0.05) is 42.1 Å². The van der Waals surface area contributed by atoms with Crippen LogP contribution in [-0.4, -0.2) is 41.2 Å². The van der Waals surface area contributed by atoms with Crippen LogP contribution < -0.4 is 10.6 Å². The quantitative estimate of drug-likeness (QED) is 0.600. The Kier molecular flexibility index (Phi) is 10.4. The molecule has 0 aliphatic rings. The van der Waals surface area contributed by atoms with E-state index in [1.54, 1.807) is 20.8 Å². The fourth-order valence-electron chi connectivity index (χ4n) is 2.20. The smallest absolute Gasteiger partial charge is 0.407 e. The van der Waals surface area contributed by atoms with Gasteiger partial charge in [0.25, 0.3) is 0 Å². The first-order chi connectivity index (χ1) is 13.2. The molecule has 1 atom stereocenters. The summed E-state index contributed by atoms with van der Waals surface area (Å²) in [5, 5.41) is 5.46. The van der Waals surface area contributed by atoms with Crippen LogP contribution in [0, 0.1) is 0 Å². The van der Waals surface area contributed by atoms with Crippen LogP contribution in [0.3, 0.4) is 0 Å². The average Bonchev–Trinajstić information content (AvgIpc) is 2.60. The molecule has 28 heavy (non-hydrogen) atoms. The van der Waals surface area contributed by atoms with Crippen LogP contribution in [0.4, 0.5) is 9.59 Å². The van der Waals surface area contributed by atoms with Gasteiger partial charge in [-0.05, 0) is 39.2 Å². The highest BCUT2D eigenvalue weighted by atomic mass is 32.2. The van der Waals surface area contributed by atoms with E-state index in [-0.39, 0.29) is 17.8 Å². The van der Waals surface area contributed by atoms with E-state index in [9.17, 15) is 14.4 Å².